The number of nitrogens with zero attached hydrogens (tertiary/aromatic N) is 1. The van der Waals surface area contributed by atoms with Crippen LogP contribution in [-0.2, 0) is 0 Å². The van der Waals surface area contributed by atoms with Gasteiger partial charge in [0.2, 0.25) is 0 Å². The van der Waals surface area contributed by atoms with E-state index in [0.29, 0.717) is 10.6 Å². The first-order valence-corrected chi connectivity index (χ1v) is 5.60. The predicted molar refractivity (Wildman–Crippen MR) is 71.4 cm³/mol. The molecule has 82 valence electrons. The van der Waals surface area contributed by atoms with Gasteiger partial charge in [0.15, 0.2) is 0 Å². The first kappa shape index (κ1) is 11.4. The molecule has 0 heterocycles. The fourth-order valence-electron chi connectivity index (χ4n) is 1.55. The normalized spacial score (nSPS) is 10.9. The molecule has 2 aromatic carbocycles. The number of nitriles is 1. The van der Waals surface area contributed by atoms with Crippen molar-refractivity contribution in [1.29, 1.82) is 5.26 Å². The minimum atomic E-state index is 0.610. The highest BCUT2D eigenvalue weighted by Gasteiger charge is 2.01. The van der Waals surface area contributed by atoms with Crippen molar-refractivity contribution >= 4 is 23.3 Å². The van der Waals surface area contributed by atoms with Crippen molar-refractivity contribution in [2.75, 3.05) is 0 Å². The van der Waals surface area contributed by atoms with Gasteiger partial charge >= 0.3 is 0 Å². The summed E-state index contributed by atoms with van der Waals surface area (Å²) < 4.78 is 0. The number of rotatable bonds is 2. The third-order valence-corrected chi connectivity index (χ3v) is 2.60. The second kappa shape index (κ2) is 5.34. The fraction of sp³-hybridized carbons (Fsp3) is 0. The van der Waals surface area contributed by atoms with Crippen molar-refractivity contribution in [2.24, 2.45) is 0 Å². The van der Waals surface area contributed by atoms with Gasteiger partial charge in [-0.2, -0.15) is 5.26 Å². The molecule has 0 aromatic heterocycles. The van der Waals surface area contributed by atoms with Gasteiger partial charge in [-0.15, -0.1) is 0 Å². The van der Waals surface area contributed by atoms with Crippen molar-refractivity contribution in [1.82, 2.24) is 0 Å². The number of allylic oxidation sites excluding steroid dienone is 1. The molecule has 2 heteroatoms. The fourth-order valence-corrected chi connectivity index (χ4v) is 1.74. The smallest absolute Gasteiger partial charge is 0.0998 e. The maximum atomic E-state index is 9.17. The molecule has 2 aromatic rings. The van der Waals surface area contributed by atoms with E-state index in [0.717, 1.165) is 11.1 Å². The lowest BCUT2D eigenvalue weighted by Gasteiger charge is -2.00. The third-order valence-electron chi connectivity index (χ3n) is 2.37. The minimum absolute atomic E-state index is 0.610. The molecule has 17 heavy (non-hydrogen) atoms. The van der Waals surface area contributed by atoms with Gasteiger partial charge in [0, 0.05) is 5.02 Å². The summed E-state index contributed by atoms with van der Waals surface area (Å²) in [4.78, 5) is 0. The van der Waals surface area contributed by atoms with E-state index in [9.17, 15) is 5.26 Å². The van der Waals surface area contributed by atoms with Crippen LogP contribution in [0, 0.1) is 11.3 Å². The van der Waals surface area contributed by atoms with Crippen LogP contribution in [0.25, 0.3) is 11.6 Å². The van der Waals surface area contributed by atoms with E-state index >= 15 is 0 Å². The average molecular weight is 240 g/mol. The van der Waals surface area contributed by atoms with Crippen LogP contribution in [0.5, 0.6) is 0 Å². The standard InChI is InChI=1S/C15H10ClN/c16-15-8-4-7-13(10-15)14(11-17)9-12-5-2-1-3-6-12/h1-10H/b14-9+. The summed E-state index contributed by atoms with van der Waals surface area (Å²) in [6.07, 6.45) is 1.85. The lowest BCUT2D eigenvalue weighted by Crippen LogP contribution is -1.81. The van der Waals surface area contributed by atoms with Crippen LogP contribution < -0.4 is 0 Å². The summed E-state index contributed by atoms with van der Waals surface area (Å²) in [6.45, 7) is 0. The van der Waals surface area contributed by atoms with Gasteiger partial charge in [-0.1, -0.05) is 54.1 Å². The highest BCUT2D eigenvalue weighted by Crippen LogP contribution is 2.20. The van der Waals surface area contributed by atoms with Crippen LogP contribution in [0.1, 0.15) is 11.1 Å². The Kier molecular flexibility index (Phi) is 3.59. The number of benzene rings is 2. The van der Waals surface area contributed by atoms with Crippen molar-refractivity contribution < 1.29 is 0 Å². The van der Waals surface area contributed by atoms with Crippen LogP contribution in [-0.4, -0.2) is 0 Å². The Labute approximate surface area is 106 Å². The van der Waals surface area contributed by atoms with Gasteiger partial charge in [-0.05, 0) is 29.3 Å². The largest absolute Gasteiger partial charge is 0.192 e. The lowest BCUT2D eigenvalue weighted by molar-refractivity contribution is 1.52. The first-order chi connectivity index (χ1) is 8.29. The highest BCUT2D eigenvalue weighted by molar-refractivity contribution is 6.30. The Hall–Kier alpha value is -2.04. The summed E-state index contributed by atoms with van der Waals surface area (Å²) in [5.74, 6) is 0. The SMILES string of the molecule is N#C/C(=C\c1ccccc1)c1cccc(Cl)c1. The maximum absolute atomic E-state index is 9.17. The Morgan fingerprint density at radius 2 is 1.82 bits per heavy atom. The van der Waals surface area contributed by atoms with Crippen LogP contribution in [0.2, 0.25) is 5.02 Å². The van der Waals surface area contributed by atoms with E-state index in [1.807, 2.05) is 48.5 Å². The Morgan fingerprint density at radius 3 is 2.47 bits per heavy atom. The molecule has 2 rings (SSSR count). The van der Waals surface area contributed by atoms with Crippen molar-refractivity contribution in [3.05, 3.63) is 70.7 Å². The zero-order chi connectivity index (χ0) is 12.1. The molecule has 0 aliphatic rings. The van der Waals surface area contributed by atoms with Crippen LogP contribution in [0.15, 0.2) is 54.6 Å². The Balaban J connectivity index is 2.42. The zero-order valence-electron chi connectivity index (χ0n) is 9.10. The summed E-state index contributed by atoms with van der Waals surface area (Å²) in [5.41, 5.74) is 2.45. The first-order valence-electron chi connectivity index (χ1n) is 5.22. The second-order valence-electron chi connectivity index (χ2n) is 3.59. The van der Waals surface area contributed by atoms with E-state index in [2.05, 4.69) is 6.07 Å². The van der Waals surface area contributed by atoms with Crippen molar-refractivity contribution in [3.8, 4) is 6.07 Å². The monoisotopic (exact) mass is 239 g/mol. The molecule has 0 saturated heterocycles. The summed E-state index contributed by atoms with van der Waals surface area (Å²) in [6, 6.07) is 19.3. The molecule has 0 aliphatic carbocycles. The van der Waals surface area contributed by atoms with Crippen molar-refractivity contribution in [3.63, 3.8) is 0 Å². The van der Waals surface area contributed by atoms with E-state index in [-0.39, 0.29) is 0 Å². The summed E-state index contributed by atoms with van der Waals surface area (Å²) >= 11 is 5.91. The zero-order valence-corrected chi connectivity index (χ0v) is 9.85. The molecule has 0 saturated carbocycles. The Morgan fingerprint density at radius 1 is 1.06 bits per heavy atom. The number of halogens is 1. The average Bonchev–Trinajstić information content (AvgIpc) is 2.37. The van der Waals surface area contributed by atoms with Crippen LogP contribution >= 0.6 is 11.6 Å². The van der Waals surface area contributed by atoms with Gasteiger partial charge in [-0.3, -0.25) is 0 Å². The highest BCUT2D eigenvalue weighted by atomic mass is 35.5. The van der Waals surface area contributed by atoms with E-state index in [1.54, 1.807) is 12.1 Å². The second-order valence-corrected chi connectivity index (χ2v) is 4.03. The molecule has 0 aliphatic heterocycles. The molecule has 0 radical (unpaired) electrons. The van der Waals surface area contributed by atoms with Crippen LogP contribution in [0.4, 0.5) is 0 Å². The van der Waals surface area contributed by atoms with Gasteiger partial charge in [-0.25, -0.2) is 0 Å². The molecule has 0 atom stereocenters. The molecular weight excluding hydrogens is 230 g/mol. The predicted octanol–water partition coefficient (Wildman–Crippen LogP) is 4.40. The summed E-state index contributed by atoms with van der Waals surface area (Å²) in [5, 5.41) is 9.81. The molecule has 0 amide bonds. The lowest BCUT2D eigenvalue weighted by atomic mass is 10.0. The topological polar surface area (TPSA) is 23.8 Å². The number of hydrogen-bond acceptors (Lipinski definition) is 1. The van der Waals surface area contributed by atoms with Gasteiger partial charge in [0.05, 0.1) is 11.6 Å². The maximum Gasteiger partial charge on any atom is 0.0998 e. The molecular formula is C15H10ClN. The van der Waals surface area contributed by atoms with E-state index in [1.165, 1.54) is 0 Å². The molecule has 0 N–H and O–H groups in total. The molecule has 0 unspecified atom stereocenters. The third kappa shape index (κ3) is 2.96. The van der Waals surface area contributed by atoms with Gasteiger partial charge < -0.3 is 0 Å². The molecule has 0 spiro atoms. The van der Waals surface area contributed by atoms with E-state index in [4.69, 9.17) is 11.6 Å². The van der Waals surface area contributed by atoms with Crippen molar-refractivity contribution in [2.45, 2.75) is 0 Å². The molecule has 0 fully saturated rings. The van der Waals surface area contributed by atoms with E-state index < -0.39 is 0 Å². The van der Waals surface area contributed by atoms with Crippen LogP contribution in [0.3, 0.4) is 0 Å². The molecule has 1 nitrogen and oxygen atoms in total. The Bertz CT molecular complexity index is 579. The van der Waals surface area contributed by atoms with Gasteiger partial charge in [0.25, 0.3) is 0 Å². The number of hydrogen-bond donors (Lipinski definition) is 0. The quantitative estimate of drug-likeness (QED) is 0.563. The minimum Gasteiger partial charge on any atom is -0.192 e. The molecule has 0 bridgehead atoms. The van der Waals surface area contributed by atoms with Gasteiger partial charge in [0.1, 0.15) is 0 Å². The summed E-state index contributed by atoms with van der Waals surface area (Å²) in [7, 11) is 0.